The molecule has 1 heterocycles. The molecular formula is C17H29N3O3. The fraction of sp³-hybridized carbons (Fsp3) is 0.706. The summed E-state index contributed by atoms with van der Waals surface area (Å²) in [5.74, 6) is 0.825. The van der Waals surface area contributed by atoms with Crippen LogP contribution in [0.4, 0.5) is 5.82 Å². The first kappa shape index (κ1) is 19.2. The molecule has 1 aromatic heterocycles. The molecule has 0 aliphatic carbocycles. The number of anilines is 1. The van der Waals surface area contributed by atoms with Gasteiger partial charge in [0.15, 0.2) is 5.82 Å². The summed E-state index contributed by atoms with van der Waals surface area (Å²) in [7, 11) is 0. The van der Waals surface area contributed by atoms with E-state index in [2.05, 4.69) is 17.4 Å². The molecule has 2 amide bonds. The van der Waals surface area contributed by atoms with Gasteiger partial charge in [-0.2, -0.15) is 0 Å². The van der Waals surface area contributed by atoms with Crippen LogP contribution >= 0.6 is 0 Å². The number of rotatable bonds is 11. The molecule has 130 valence electrons. The van der Waals surface area contributed by atoms with E-state index in [4.69, 9.17) is 4.52 Å². The summed E-state index contributed by atoms with van der Waals surface area (Å²) in [4.78, 5) is 25.9. The molecule has 0 saturated carbocycles. The van der Waals surface area contributed by atoms with Crippen LogP contribution in [0.5, 0.6) is 0 Å². The summed E-state index contributed by atoms with van der Waals surface area (Å²) < 4.78 is 4.91. The number of aryl methyl sites for hydroxylation is 1. The number of unbranched alkanes of at least 4 members (excludes halogenated alkanes) is 4. The molecule has 0 aliphatic rings. The molecule has 0 aromatic carbocycles. The topological polar surface area (TPSA) is 75.4 Å². The van der Waals surface area contributed by atoms with Gasteiger partial charge in [-0.25, -0.2) is 0 Å². The highest BCUT2D eigenvalue weighted by Gasteiger charge is 2.17. The second kappa shape index (κ2) is 10.8. The van der Waals surface area contributed by atoms with E-state index in [0.29, 0.717) is 24.5 Å². The molecule has 1 aromatic rings. The summed E-state index contributed by atoms with van der Waals surface area (Å²) in [5, 5.41) is 6.37. The smallest absolute Gasteiger partial charge is 0.245 e. The quantitative estimate of drug-likeness (QED) is 0.632. The Morgan fingerprint density at radius 2 is 1.91 bits per heavy atom. The number of carbonyl (C=O) groups excluding carboxylic acids is 2. The summed E-state index contributed by atoms with van der Waals surface area (Å²) >= 11 is 0. The lowest BCUT2D eigenvalue weighted by Gasteiger charge is -2.21. The predicted octanol–water partition coefficient (Wildman–Crippen LogP) is 3.52. The van der Waals surface area contributed by atoms with Crippen LogP contribution in [0.15, 0.2) is 10.6 Å². The zero-order valence-electron chi connectivity index (χ0n) is 14.6. The van der Waals surface area contributed by atoms with E-state index < -0.39 is 0 Å². The highest BCUT2D eigenvalue weighted by molar-refractivity contribution is 5.93. The first-order chi connectivity index (χ1) is 11.1. The molecule has 0 bridgehead atoms. The van der Waals surface area contributed by atoms with Gasteiger partial charge in [-0.3, -0.25) is 9.59 Å². The van der Waals surface area contributed by atoms with Crippen molar-refractivity contribution >= 4 is 17.6 Å². The van der Waals surface area contributed by atoms with E-state index in [1.165, 1.54) is 19.3 Å². The SMILES string of the molecule is CCCCCCCC(=O)N(CCC)CC(=O)Nc1cc(C)on1. The third kappa shape index (κ3) is 7.81. The van der Waals surface area contributed by atoms with Crippen molar-refractivity contribution in [2.75, 3.05) is 18.4 Å². The Morgan fingerprint density at radius 3 is 2.52 bits per heavy atom. The Kier molecular flexibility index (Phi) is 9.02. The van der Waals surface area contributed by atoms with Gasteiger partial charge in [-0.05, 0) is 19.8 Å². The Balaban J connectivity index is 2.40. The van der Waals surface area contributed by atoms with Crippen LogP contribution in [0.2, 0.25) is 0 Å². The lowest BCUT2D eigenvalue weighted by Crippen LogP contribution is -2.38. The number of nitrogens with zero attached hydrogens (tertiary/aromatic N) is 2. The van der Waals surface area contributed by atoms with Gasteiger partial charge in [0.25, 0.3) is 0 Å². The third-order valence-corrected chi connectivity index (χ3v) is 3.57. The number of nitrogens with one attached hydrogen (secondary N) is 1. The summed E-state index contributed by atoms with van der Waals surface area (Å²) in [6.07, 6.45) is 6.89. The number of hydrogen-bond donors (Lipinski definition) is 1. The maximum absolute atomic E-state index is 12.3. The summed E-state index contributed by atoms with van der Waals surface area (Å²) in [6, 6.07) is 1.65. The van der Waals surface area contributed by atoms with Crippen LogP contribution in [-0.2, 0) is 9.59 Å². The Morgan fingerprint density at radius 1 is 1.17 bits per heavy atom. The van der Waals surface area contributed by atoms with Gasteiger partial charge < -0.3 is 14.7 Å². The maximum atomic E-state index is 12.3. The van der Waals surface area contributed by atoms with Crippen molar-refractivity contribution < 1.29 is 14.1 Å². The van der Waals surface area contributed by atoms with Crippen molar-refractivity contribution in [2.24, 2.45) is 0 Å². The lowest BCUT2D eigenvalue weighted by molar-refractivity contribution is -0.134. The van der Waals surface area contributed by atoms with Crippen molar-refractivity contribution in [3.63, 3.8) is 0 Å². The molecule has 0 saturated heterocycles. The molecule has 0 radical (unpaired) electrons. The van der Waals surface area contributed by atoms with Gasteiger partial charge in [0.2, 0.25) is 11.8 Å². The Labute approximate surface area is 138 Å². The lowest BCUT2D eigenvalue weighted by atomic mass is 10.1. The van der Waals surface area contributed by atoms with Crippen molar-refractivity contribution in [1.29, 1.82) is 0 Å². The molecule has 1 N–H and O–H groups in total. The molecule has 0 aliphatic heterocycles. The minimum absolute atomic E-state index is 0.0508. The number of carbonyl (C=O) groups is 2. The van der Waals surface area contributed by atoms with Crippen LogP contribution in [-0.4, -0.2) is 35.0 Å². The predicted molar refractivity (Wildman–Crippen MR) is 90.1 cm³/mol. The maximum Gasteiger partial charge on any atom is 0.245 e. The molecule has 6 nitrogen and oxygen atoms in total. The highest BCUT2D eigenvalue weighted by Crippen LogP contribution is 2.09. The third-order valence-electron chi connectivity index (χ3n) is 3.57. The average molecular weight is 323 g/mol. The second-order valence-electron chi connectivity index (χ2n) is 5.85. The van der Waals surface area contributed by atoms with Crippen LogP contribution in [0.1, 0.15) is 64.6 Å². The summed E-state index contributed by atoms with van der Waals surface area (Å²) in [6.45, 7) is 6.59. The van der Waals surface area contributed by atoms with Gasteiger partial charge in [0.05, 0.1) is 6.54 Å². The largest absolute Gasteiger partial charge is 0.360 e. The minimum atomic E-state index is -0.244. The van der Waals surface area contributed by atoms with Crippen molar-refractivity contribution in [3.05, 3.63) is 11.8 Å². The molecule has 1 rings (SSSR count). The van der Waals surface area contributed by atoms with Gasteiger partial charge in [0.1, 0.15) is 5.76 Å². The standard InChI is InChI=1S/C17H29N3O3/c1-4-6-7-8-9-10-17(22)20(11-5-2)13-16(21)18-15-12-14(3)23-19-15/h12H,4-11,13H2,1-3H3,(H,18,19,21). The van der Waals surface area contributed by atoms with E-state index in [-0.39, 0.29) is 18.4 Å². The second-order valence-corrected chi connectivity index (χ2v) is 5.85. The van der Waals surface area contributed by atoms with Gasteiger partial charge in [-0.1, -0.05) is 44.7 Å². The van der Waals surface area contributed by atoms with E-state index in [1.54, 1.807) is 17.9 Å². The molecule has 0 atom stereocenters. The first-order valence-electron chi connectivity index (χ1n) is 8.57. The van der Waals surface area contributed by atoms with Gasteiger partial charge in [0, 0.05) is 19.0 Å². The van der Waals surface area contributed by atoms with Crippen LogP contribution in [0, 0.1) is 6.92 Å². The first-order valence-corrected chi connectivity index (χ1v) is 8.57. The van der Waals surface area contributed by atoms with Crippen molar-refractivity contribution in [1.82, 2.24) is 10.1 Å². The average Bonchev–Trinajstić information content (AvgIpc) is 2.91. The number of aromatic nitrogens is 1. The normalized spacial score (nSPS) is 10.6. The molecule has 0 fully saturated rings. The van der Waals surface area contributed by atoms with Crippen molar-refractivity contribution in [3.8, 4) is 0 Å². The fourth-order valence-electron chi connectivity index (χ4n) is 2.38. The van der Waals surface area contributed by atoms with Crippen LogP contribution in [0.3, 0.4) is 0 Å². The fourth-order valence-corrected chi connectivity index (χ4v) is 2.38. The molecular weight excluding hydrogens is 294 g/mol. The Bertz CT molecular complexity index is 485. The van der Waals surface area contributed by atoms with E-state index in [0.717, 1.165) is 19.3 Å². The van der Waals surface area contributed by atoms with Crippen molar-refractivity contribution in [2.45, 2.75) is 65.7 Å². The zero-order valence-corrected chi connectivity index (χ0v) is 14.6. The molecule has 23 heavy (non-hydrogen) atoms. The van der Waals surface area contributed by atoms with E-state index >= 15 is 0 Å². The van der Waals surface area contributed by atoms with Gasteiger partial charge in [-0.15, -0.1) is 0 Å². The molecule has 6 heteroatoms. The zero-order chi connectivity index (χ0) is 17.1. The van der Waals surface area contributed by atoms with E-state index in [9.17, 15) is 9.59 Å². The highest BCUT2D eigenvalue weighted by atomic mass is 16.5. The number of amides is 2. The number of hydrogen-bond acceptors (Lipinski definition) is 4. The molecule has 0 spiro atoms. The Hall–Kier alpha value is -1.85. The van der Waals surface area contributed by atoms with E-state index in [1.807, 2.05) is 6.92 Å². The van der Waals surface area contributed by atoms with Crippen LogP contribution in [0.25, 0.3) is 0 Å². The minimum Gasteiger partial charge on any atom is -0.360 e. The van der Waals surface area contributed by atoms with Gasteiger partial charge >= 0.3 is 0 Å². The molecule has 0 unspecified atom stereocenters. The van der Waals surface area contributed by atoms with Crippen LogP contribution < -0.4 is 5.32 Å². The summed E-state index contributed by atoms with van der Waals surface area (Å²) in [5.41, 5.74) is 0. The monoisotopic (exact) mass is 323 g/mol.